The number of hydrogen-bond acceptors (Lipinski definition) is 6. The van der Waals surface area contributed by atoms with E-state index in [1.54, 1.807) is 6.92 Å². The van der Waals surface area contributed by atoms with E-state index in [0.717, 1.165) is 0 Å². The van der Waals surface area contributed by atoms with E-state index in [4.69, 9.17) is 10.5 Å². The molecule has 0 bridgehead atoms. The average molecular weight is 285 g/mol. The molecule has 0 saturated carbocycles. The molecule has 1 aromatic heterocycles. The maximum Gasteiger partial charge on any atom is 0.404 e. The van der Waals surface area contributed by atoms with E-state index >= 15 is 0 Å². The molecule has 1 amide bonds. The smallest absolute Gasteiger partial charge is 0.404 e. The van der Waals surface area contributed by atoms with Crippen molar-refractivity contribution in [3.05, 3.63) is 32.6 Å². The molecule has 1 aliphatic rings. The van der Waals surface area contributed by atoms with Crippen LogP contribution in [0.15, 0.2) is 15.8 Å². The number of ether oxygens (including phenoxy) is 2. The first-order valence-electron chi connectivity index (χ1n) is 5.96. The van der Waals surface area contributed by atoms with Crippen LogP contribution in [0.3, 0.4) is 0 Å². The Bertz CT molecular complexity index is 621. The van der Waals surface area contributed by atoms with Crippen molar-refractivity contribution in [2.75, 3.05) is 6.61 Å². The monoisotopic (exact) mass is 285 g/mol. The SMILES string of the molecule is Cc1cn([C@H]2C[C@H](O)[C@H](COC(N)=O)O2)c(=O)[nH]c1=O. The fraction of sp³-hybridized carbons (Fsp3) is 0.545. The molecule has 0 aromatic carbocycles. The van der Waals surface area contributed by atoms with Gasteiger partial charge in [-0.05, 0) is 6.92 Å². The number of aromatic amines is 1. The number of nitrogens with one attached hydrogen (secondary N) is 1. The summed E-state index contributed by atoms with van der Waals surface area (Å²) < 4.78 is 11.2. The highest BCUT2D eigenvalue weighted by molar-refractivity contribution is 5.64. The van der Waals surface area contributed by atoms with E-state index in [9.17, 15) is 19.5 Å². The van der Waals surface area contributed by atoms with Gasteiger partial charge in [-0.3, -0.25) is 14.3 Å². The summed E-state index contributed by atoms with van der Waals surface area (Å²) in [6.07, 6.45) is -1.89. The Hall–Kier alpha value is -2.13. The van der Waals surface area contributed by atoms with Crippen LogP contribution in [0.1, 0.15) is 18.2 Å². The first-order chi connectivity index (χ1) is 9.38. The molecule has 1 saturated heterocycles. The number of amides is 1. The van der Waals surface area contributed by atoms with Gasteiger partial charge < -0.3 is 20.3 Å². The maximum atomic E-state index is 11.7. The predicted molar refractivity (Wildman–Crippen MR) is 66.1 cm³/mol. The molecule has 1 aromatic rings. The van der Waals surface area contributed by atoms with Crippen molar-refractivity contribution in [1.29, 1.82) is 0 Å². The summed E-state index contributed by atoms with van der Waals surface area (Å²) in [4.78, 5) is 35.6. The van der Waals surface area contributed by atoms with Gasteiger partial charge in [-0.25, -0.2) is 9.59 Å². The summed E-state index contributed by atoms with van der Waals surface area (Å²) in [5.41, 5.74) is 4.07. The number of aliphatic hydroxyl groups is 1. The number of H-pyrrole nitrogens is 1. The number of nitrogens with zero attached hydrogens (tertiary/aromatic N) is 1. The van der Waals surface area contributed by atoms with Crippen molar-refractivity contribution in [3.8, 4) is 0 Å². The minimum absolute atomic E-state index is 0.137. The molecule has 0 spiro atoms. The quantitative estimate of drug-likeness (QED) is 0.624. The van der Waals surface area contributed by atoms with Gasteiger partial charge in [-0.15, -0.1) is 0 Å². The zero-order valence-electron chi connectivity index (χ0n) is 10.7. The zero-order chi connectivity index (χ0) is 14.9. The van der Waals surface area contributed by atoms with Crippen molar-refractivity contribution in [2.45, 2.75) is 31.8 Å². The standard InChI is InChI=1S/C11H15N3O6/c1-5-3-14(11(18)13-9(5)16)8-2-6(15)7(20-8)4-19-10(12)17/h3,6-8,15H,2,4H2,1H3,(H2,12,17)(H,13,16,18)/t6-,7-,8+/m0/s1. The van der Waals surface area contributed by atoms with E-state index in [1.807, 2.05) is 0 Å². The van der Waals surface area contributed by atoms with Crippen LogP contribution >= 0.6 is 0 Å². The van der Waals surface area contributed by atoms with Crippen LogP contribution in [-0.4, -0.2) is 39.6 Å². The number of aryl methyl sites for hydroxylation is 1. The topological polar surface area (TPSA) is 137 Å². The Kier molecular flexibility index (Phi) is 3.91. The molecule has 0 unspecified atom stereocenters. The lowest BCUT2D eigenvalue weighted by Gasteiger charge is -2.15. The number of hydrogen-bond donors (Lipinski definition) is 3. The molecular formula is C11H15N3O6. The van der Waals surface area contributed by atoms with Crippen LogP contribution in [-0.2, 0) is 9.47 Å². The first kappa shape index (κ1) is 14.3. The highest BCUT2D eigenvalue weighted by atomic mass is 16.6. The van der Waals surface area contributed by atoms with Gasteiger partial charge >= 0.3 is 11.8 Å². The lowest BCUT2D eigenvalue weighted by molar-refractivity contribution is -0.0480. The number of primary amides is 1. The van der Waals surface area contributed by atoms with Crippen LogP contribution < -0.4 is 17.0 Å². The third-order valence-corrected chi connectivity index (χ3v) is 3.05. The normalized spacial score (nSPS) is 25.6. The van der Waals surface area contributed by atoms with Crippen molar-refractivity contribution >= 4 is 6.09 Å². The predicted octanol–water partition coefficient (Wildman–Crippen LogP) is -1.41. The second kappa shape index (κ2) is 5.47. The second-order valence-electron chi connectivity index (χ2n) is 4.54. The highest BCUT2D eigenvalue weighted by Crippen LogP contribution is 2.27. The maximum absolute atomic E-state index is 11.7. The molecule has 4 N–H and O–H groups in total. The van der Waals surface area contributed by atoms with Gasteiger partial charge in [0.15, 0.2) is 0 Å². The number of carbonyl (C=O) groups is 1. The van der Waals surface area contributed by atoms with Crippen molar-refractivity contribution in [1.82, 2.24) is 9.55 Å². The number of rotatable bonds is 3. The van der Waals surface area contributed by atoms with Gasteiger partial charge in [0.25, 0.3) is 5.56 Å². The summed E-state index contributed by atoms with van der Waals surface area (Å²) in [7, 11) is 0. The van der Waals surface area contributed by atoms with E-state index in [1.165, 1.54) is 10.8 Å². The fourth-order valence-corrected chi connectivity index (χ4v) is 2.00. The molecule has 9 heteroatoms. The number of aromatic nitrogens is 2. The third kappa shape index (κ3) is 2.89. The minimum Gasteiger partial charge on any atom is -0.447 e. The summed E-state index contributed by atoms with van der Waals surface area (Å²) in [6.45, 7) is 1.35. The third-order valence-electron chi connectivity index (χ3n) is 3.05. The molecule has 20 heavy (non-hydrogen) atoms. The molecular weight excluding hydrogens is 270 g/mol. The summed E-state index contributed by atoms with van der Waals surface area (Å²) in [6, 6.07) is 0. The summed E-state index contributed by atoms with van der Waals surface area (Å²) in [5, 5.41) is 9.80. The molecule has 0 radical (unpaired) electrons. The molecule has 0 aliphatic carbocycles. The van der Waals surface area contributed by atoms with Crippen LogP contribution in [0, 0.1) is 6.92 Å². The Morgan fingerprint density at radius 3 is 3.00 bits per heavy atom. The molecule has 2 heterocycles. The van der Waals surface area contributed by atoms with Gasteiger partial charge in [0.1, 0.15) is 18.9 Å². The lowest BCUT2D eigenvalue weighted by atomic mass is 10.2. The molecule has 1 aliphatic heterocycles. The van der Waals surface area contributed by atoms with Gasteiger partial charge in [-0.2, -0.15) is 0 Å². The van der Waals surface area contributed by atoms with E-state index in [0.29, 0.717) is 5.56 Å². The van der Waals surface area contributed by atoms with Crippen molar-refractivity contribution < 1.29 is 19.4 Å². The lowest BCUT2D eigenvalue weighted by Crippen LogP contribution is -2.33. The van der Waals surface area contributed by atoms with Gasteiger partial charge in [-0.1, -0.05) is 0 Å². The van der Waals surface area contributed by atoms with Crippen molar-refractivity contribution in [3.63, 3.8) is 0 Å². The van der Waals surface area contributed by atoms with E-state index < -0.39 is 35.8 Å². The molecule has 1 fully saturated rings. The zero-order valence-corrected chi connectivity index (χ0v) is 10.7. The Morgan fingerprint density at radius 2 is 2.35 bits per heavy atom. The van der Waals surface area contributed by atoms with E-state index in [2.05, 4.69) is 9.72 Å². The highest BCUT2D eigenvalue weighted by Gasteiger charge is 2.36. The Balaban J connectivity index is 2.16. The van der Waals surface area contributed by atoms with Crippen LogP contribution in [0.25, 0.3) is 0 Å². The number of nitrogens with two attached hydrogens (primary N) is 1. The van der Waals surface area contributed by atoms with Gasteiger partial charge in [0, 0.05) is 18.2 Å². The fourth-order valence-electron chi connectivity index (χ4n) is 2.00. The van der Waals surface area contributed by atoms with Crippen molar-refractivity contribution in [2.24, 2.45) is 5.73 Å². The Labute approximate surface area is 112 Å². The second-order valence-corrected chi connectivity index (χ2v) is 4.54. The first-order valence-corrected chi connectivity index (χ1v) is 5.96. The number of carbonyl (C=O) groups excluding carboxylic acids is 1. The average Bonchev–Trinajstić information content (AvgIpc) is 2.72. The van der Waals surface area contributed by atoms with Gasteiger partial charge in [0.2, 0.25) is 0 Å². The molecule has 9 nitrogen and oxygen atoms in total. The van der Waals surface area contributed by atoms with E-state index in [-0.39, 0.29) is 13.0 Å². The van der Waals surface area contributed by atoms with Crippen LogP contribution in [0.4, 0.5) is 4.79 Å². The Morgan fingerprint density at radius 1 is 1.65 bits per heavy atom. The largest absolute Gasteiger partial charge is 0.447 e. The van der Waals surface area contributed by atoms with Gasteiger partial charge in [0.05, 0.1) is 6.10 Å². The summed E-state index contributed by atoms with van der Waals surface area (Å²) >= 11 is 0. The minimum atomic E-state index is -0.971. The van der Waals surface area contributed by atoms with Crippen LogP contribution in [0.2, 0.25) is 0 Å². The number of aliphatic hydroxyl groups excluding tert-OH is 1. The van der Waals surface area contributed by atoms with Crippen LogP contribution in [0.5, 0.6) is 0 Å². The molecule has 2 rings (SSSR count). The molecule has 3 atom stereocenters. The molecule has 110 valence electrons. The summed E-state index contributed by atoms with van der Waals surface area (Å²) in [5.74, 6) is 0.